The molecule has 0 fully saturated rings. The highest BCUT2D eigenvalue weighted by Gasteiger charge is 2.09. The van der Waals surface area contributed by atoms with Gasteiger partial charge in [0.15, 0.2) is 5.96 Å². The number of halogens is 3. The summed E-state index contributed by atoms with van der Waals surface area (Å²) in [6, 6.07) is 3.78. The van der Waals surface area contributed by atoms with E-state index in [2.05, 4.69) is 27.6 Å². The molecule has 140 valence electrons. The summed E-state index contributed by atoms with van der Waals surface area (Å²) in [4.78, 5) is 4.60. The summed E-state index contributed by atoms with van der Waals surface area (Å²) in [6.07, 6.45) is 3.76. The summed E-state index contributed by atoms with van der Waals surface area (Å²) in [6.45, 7) is 7.19. The average molecular weight is 499 g/mol. The molecule has 9 heteroatoms. The molecule has 0 spiro atoms. The minimum Gasteiger partial charge on any atom is -0.357 e. The zero-order chi connectivity index (χ0) is 17.5. The van der Waals surface area contributed by atoms with Gasteiger partial charge in [0.25, 0.3) is 0 Å². The van der Waals surface area contributed by atoms with Crippen molar-refractivity contribution in [2.75, 3.05) is 13.1 Å². The van der Waals surface area contributed by atoms with Gasteiger partial charge in [-0.15, -0.1) is 24.0 Å². The molecule has 0 radical (unpaired) electrons. The normalized spacial score (nSPS) is 12.6. The summed E-state index contributed by atoms with van der Waals surface area (Å²) in [5.74, 6) is 1.20. The molecule has 2 rings (SSSR count). The maximum absolute atomic E-state index is 6.09. The number of hydrogen-bond donors (Lipinski definition) is 2. The Morgan fingerprint density at radius 2 is 2.12 bits per heavy atom. The Bertz CT molecular complexity index is 668. The summed E-state index contributed by atoms with van der Waals surface area (Å²) in [5, 5.41) is 11.9. The topological polar surface area (TPSA) is 59.2 Å². The van der Waals surface area contributed by atoms with E-state index in [1.54, 1.807) is 6.20 Å². The smallest absolute Gasteiger partial charge is 0.191 e. The van der Waals surface area contributed by atoms with Crippen LogP contribution in [0.15, 0.2) is 29.5 Å². The first-order valence-corrected chi connectivity index (χ1v) is 8.76. The van der Waals surface area contributed by atoms with Crippen LogP contribution in [0.2, 0.25) is 10.2 Å². The number of nitrogens with zero attached hydrogens (tertiary/aromatic N) is 4. The number of hydrogen-bond acceptors (Lipinski definition) is 2. The van der Waals surface area contributed by atoms with Crippen LogP contribution in [-0.2, 0) is 20.1 Å². The number of rotatable bonds is 7. The van der Waals surface area contributed by atoms with Gasteiger partial charge in [-0.05, 0) is 25.0 Å². The molecular weight excluding hydrogens is 474 g/mol. The standard InChI is InChI=1S/C16H24Cl2N6.HI/c1-4-19-16(20-9-12(2)11-24-7-5-6-22-24)21-10-13-8-14(17)15(18)23(13)3;/h5-8,12H,4,9-11H2,1-3H3,(H2,19,20,21);1H. The van der Waals surface area contributed by atoms with Crippen molar-refractivity contribution >= 4 is 53.1 Å². The Balaban J connectivity index is 0.00000312. The fourth-order valence-corrected chi connectivity index (χ4v) is 2.72. The Hall–Kier alpha value is -0.930. The Morgan fingerprint density at radius 1 is 1.36 bits per heavy atom. The van der Waals surface area contributed by atoms with Crippen LogP contribution < -0.4 is 10.6 Å². The highest BCUT2D eigenvalue weighted by molar-refractivity contribution is 14.0. The molecule has 0 bridgehead atoms. The predicted octanol–water partition coefficient (Wildman–Crippen LogP) is 3.54. The molecule has 1 atom stereocenters. The lowest BCUT2D eigenvalue weighted by atomic mass is 10.2. The molecule has 0 aliphatic carbocycles. The summed E-state index contributed by atoms with van der Waals surface area (Å²) < 4.78 is 3.78. The summed E-state index contributed by atoms with van der Waals surface area (Å²) in [7, 11) is 1.88. The zero-order valence-electron chi connectivity index (χ0n) is 14.7. The molecule has 0 aliphatic heterocycles. The maximum Gasteiger partial charge on any atom is 0.191 e. The van der Waals surface area contributed by atoms with Gasteiger partial charge in [-0.2, -0.15) is 5.10 Å². The van der Waals surface area contributed by atoms with E-state index in [0.717, 1.165) is 31.3 Å². The van der Waals surface area contributed by atoms with Gasteiger partial charge in [-0.1, -0.05) is 30.1 Å². The molecule has 2 heterocycles. The second kappa shape index (κ2) is 10.9. The molecule has 0 saturated heterocycles. The molecule has 1 unspecified atom stereocenters. The van der Waals surface area contributed by atoms with Gasteiger partial charge in [0.2, 0.25) is 0 Å². The third kappa shape index (κ3) is 6.71. The van der Waals surface area contributed by atoms with Crippen molar-refractivity contribution in [3.8, 4) is 0 Å². The maximum atomic E-state index is 6.09. The van der Waals surface area contributed by atoms with Gasteiger partial charge < -0.3 is 15.2 Å². The van der Waals surface area contributed by atoms with Gasteiger partial charge in [-0.25, -0.2) is 4.99 Å². The van der Waals surface area contributed by atoms with E-state index < -0.39 is 0 Å². The van der Waals surface area contributed by atoms with Crippen LogP contribution in [0.25, 0.3) is 0 Å². The molecule has 0 amide bonds. The predicted molar refractivity (Wildman–Crippen MR) is 115 cm³/mol. The van der Waals surface area contributed by atoms with Crippen LogP contribution in [0, 0.1) is 5.92 Å². The number of aromatic nitrogens is 3. The van der Waals surface area contributed by atoms with Crippen LogP contribution in [0.1, 0.15) is 19.5 Å². The average Bonchev–Trinajstić information content (AvgIpc) is 3.14. The van der Waals surface area contributed by atoms with E-state index in [4.69, 9.17) is 23.2 Å². The fourth-order valence-electron chi connectivity index (χ4n) is 2.31. The molecule has 6 nitrogen and oxygen atoms in total. The van der Waals surface area contributed by atoms with E-state index in [0.29, 0.717) is 22.6 Å². The second-order valence-corrected chi connectivity index (χ2v) is 6.51. The van der Waals surface area contributed by atoms with Crippen molar-refractivity contribution in [2.45, 2.75) is 26.9 Å². The number of nitrogens with one attached hydrogen (secondary N) is 2. The van der Waals surface area contributed by atoms with Crippen molar-refractivity contribution in [3.05, 3.63) is 40.4 Å². The molecule has 25 heavy (non-hydrogen) atoms. The Morgan fingerprint density at radius 3 is 2.68 bits per heavy atom. The largest absolute Gasteiger partial charge is 0.357 e. The van der Waals surface area contributed by atoms with Crippen LogP contribution >= 0.6 is 47.2 Å². The number of aliphatic imine (C=N–C) groups is 1. The SMILES string of the molecule is CCNC(=NCc1cc(Cl)c(Cl)n1C)NCC(C)Cn1cccn1.I. The Labute approximate surface area is 176 Å². The summed E-state index contributed by atoms with van der Waals surface area (Å²) in [5.41, 5.74) is 0.965. The van der Waals surface area contributed by atoms with Crippen LogP contribution in [0.5, 0.6) is 0 Å². The first-order chi connectivity index (χ1) is 11.5. The third-order valence-electron chi connectivity index (χ3n) is 3.63. The lowest BCUT2D eigenvalue weighted by Gasteiger charge is -2.16. The zero-order valence-corrected chi connectivity index (χ0v) is 18.5. The highest BCUT2D eigenvalue weighted by atomic mass is 127. The molecule has 2 aromatic rings. The molecule has 0 aliphatic rings. The fraction of sp³-hybridized carbons (Fsp3) is 0.500. The first kappa shape index (κ1) is 22.1. The van der Waals surface area contributed by atoms with Gasteiger partial charge >= 0.3 is 0 Å². The lowest BCUT2D eigenvalue weighted by Crippen LogP contribution is -2.40. The number of guanidine groups is 1. The van der Waals surface area contributed by atoms with E-state index >= 15 is 0 Å². The molecular formula is C16H25Cl2IN6. The quantitative estimate of drug-likeness (QED) is 0.348. The molecule has 2 N–H and O–H groups in total. The minimum absolute atomic E-state index is 0. The van der Waals surface area contributed by atoms with Gasteiger partial charge in [0.05, 0.1) is 11.6 Å². The molecule has 0 aromatic carbocycles. The van der Waals surface area contributed by atoms with Gasteiger partial charge in [0.1, 0.15) is 5.15 Å². The van der Waals surface area contributed by atoms with Crippen molar-refractivity contribution in [2.24, 2.45) is 18.0 Å². The first-order valence-electron chi connectivity index (χ1n) is 8.00. The second-order valence-electron chi connectivity index (χ2n) is 5.74. The molecule has 0 saturated carbocycles. The Kier molecular flexibility index (Phi) is 9.66. The van der Waals surface area contributed by atoms with E-state index in [1.165, 1.54) is 0 Å². The molecule has 2 aromatic heterocycles. The highest BCUT2D eigenvalue weighted by Crippen LogP contribution is 2.25. The van der Waals surface area contributed by atoms with Crippen molar-refractivity contribution in [3.63, 3.8) is 0 Å². The van der Waals surface area contributed by atoms with Crippen molar-refractivity contribution < 1.29 is 0 Å². The van der Waals surface area contributed by atoms with E-state index in [1.807, 2.05) is 41.5 Å². The van der Waals surface area contributed by atoms with Crippen LogP contribution in [0.4, 0.5) is 0 Å². The minimum atomic E-state index is 0. The van der Waals surface area contributed by atoms with E-state index in [9.17, 15) is 0 Å². The van der Waals surface area contributed by atoms with E-state index in [-0.39, 0.29) is 24.0 Å². The van der Waals surface area contributed by atoms with Crippen molar-refractivity contribution in [1.82, 2.24) is 25.0 Å². The van der Waals surface area contributed by atoms with Crippen LogP contribution in [0.3, 0.4) is 0 Å². The third-order valence-corrected chi connectivity index (χ3v) is 4.48. The monoisotopic (exact) mass is 498 g/mol. The van der Waals surface area contributed by atoms with Gasteiger partial charge in [-0.3, -0.25) is 4.68 Å². The lowest BCUT2D eigenvalue weighted by molar-refractivity contribution is 0.443. The van der Waals surface area contributed by atoms with Crippen molar-refractivity contribution in [1.29, 1.82) is 0 Å². The van der Waals surface area contributed by atoms with Crippen LogP contribution in [-0.4, -0.2) is 33.4 Å². The summed E-state index contributed by atoms with van der Waals surface area (Å²) >= 11 is 12.1. The van der Waals surface area contributed by atoms with Gasteiger partial charge in [0, 0.05) is 44.8 Å².